The van der Waals surface area contributed by atoms with E-state index in [2.05, 4.69) is 10.3 Å². The largest absolute Gasteiger partial charge is 0.428 e. The van der Waals surface area contributed by atoms with Crippen molar-refractivity contribution in [2.75, 3.05) is 18.9 Å². The summed E-state index contributed by atoms with van der Waals surface area (Å²) in [6.45, 7) is 3.06. The molecule has 1 aliphatic rings. The second-order valence-electron chi connectivity index (χ2n) is 7.13. The molecule has 1 N–H and O–H groups in total. The van der Waals surface area contributed by atoms with Gasteiger partial charge in [0, 0.05) is 13.2 Å². The Hall–Kier alpha value is -2.14. The summed E-state index contributed by atoms with van der Waals surface area (Å²) in [5, 5.41) is 4.63. The Bertz CT molecular complexity index is 1130. The first-order valence-electron chi connectivity index (χ1n) is 9.81. The van der Waals surface area contributed by atoms with E-state index in [9.17, 15) is 13.2 Å². The summed E-state index contributed by atoms with van der Waals surface area (Å²) in [6.07, 6.45) is 1.97. The molecule has 1 amide bonds. The molecule has 0 radical (unpaired) electrons. The van der Waals surface area contributed by atoms with Crippen LogP contribution >= 0.6 is 23.1 Å². The van der Waals surface area contributed by atoms with Crippen LogP contribution in [0.2, 0.25) is 0 Å². The predicted molar refractivity (Wildman–Crippen MR) is 119 cm³/mol. The molecule has 10 heteroatoms. The molecule has 0 spiro atoms. The average molecular weight is 479 g/mol. The Kier molecular flexibility index (Phi) is 6.80. The maximum absolute atomic E-state index is 13.2. The van der Waals surface area contributed by atoms with Crippen molar-refractivity contribution < 1.29 is 22.4 Å². The van der Waals surface area contributed by atoms with Crippen molar-refractivity contribution in [3.63, 3.8) is 0 Å². The fourth-order valence-corrected chi connectivity index (χ4v) is 6.11. The van der Waals surface area contributed by atoms with E-state index in [0.29, 0.717) is 6.54 Å². The monoisotopic (exact) mass is 478 g/mol. The highest BCUT2D eigenvalue weighted by atomic mass is 32.2. The summed E-state index contributed by atoms with van der Waals surface area (Å²) < 4.78 is 37.8. The Balaban J connectivity index is 1.55. The van der Waals surface area contributed by atoms with E-state index in [1.54, 1.807) is 24.3 Å². The lowest BCUT2D eigenvalue weighted by Crippen LogP contribution is -2.32. The summed E-state index contributed by atoms with van der Waals surface area (Å²) in [4.78, 5) is 17.4. The van der Waals surface area contributed by atoms with Crippen molar-refractivity contribution in [1.29, 1.82) is 0 Å². The topological polar surface area (TPSA) is 98.5 Å². The summed E-state index contributed by atoms with van der Waals surface area (Å²) in [7, 11) is -3.90. The van der Waals surface area contributed by atoms with Gasteiger partial charge in [-0.2, -0.15) is 4.98 Å². The number of carbonyl (C=O) groups is 1. The smallest absolute Gasteiger partial charge is 0.238 e. The van der Waals surface area contributed by atoms with Crippen LogP contribution in [0.25, 0.3) is 10.8 Å². The third-order valence-electron chi connectivity index (χ3n) is 4.77. The molecular formula is C21H22N2O5S3. The van der Waals surface area contributed by atoms with Gasteiger partial charge < -0.3 is 14.5 Å². The van der Waals surface area contributed by atoms with Crippen molar-refractivity contribution >= 4 is 38.8 Å². The van der Waals surface area contributed by atoms with Crippen LogP contribution in [0.1, 0.15) is 18.4 Å². The highest BCUT2D eigenvalue weighted by molar-refractivity contribution is 8.00. The van der Waals surface area contributed by atoms with Gasteiger partial charge in [0.15, 0.2) is 0 Å². The Morgan fingerprint density at radius 3 is 2.77 bits per heavy atom. The number of nitrogens with zero attached hydrogens (tertiary/aromatic N) is 1. The van der Waals surface area contributed by atoms with Crippen molar-refractivity contribution in [3.8, 4) is 10.8 Å². The molecule has 1 saturated heterocycles. The number of aromatic nitrogens is 1. The first kappa shape index (κ1) is 22.1. The van der Waals surface area contributed by atoms with Crippen molar-refractivity contribution in [1.82, 2.24) is 10.3 Å². The molecule has 0 saturated carbocycles. The molecule has 4 rings (SSSR count). The van der Waals surface area contributed by atoms with Crippen molar-refractivity contribution in [3.05, 3.63) is 47.3 Å². The zero-order chi connectivity index (χ0) is 21.8. The number of nitrogens with one attached hydrogen (secondary N) is 1. The molecule has 7 nitrogen and oxygen atoms in total. The van der Waals surface area contributed by atoms with Crippen LogP contribution in [-0.2, 0) is 19.4 Å². The second kappa shape index (κ2) is 9.56. The van der Waals surface area contributed by atoms with Gasteiger partial charge in [0.25, 0.3) is 0 Å². The van der Waals surface area contributed by atoms with E-state index in [1.165, 1.54) is 11.3 Å². The molecule has 1 aromatic carbocycles. The molecule has 2 aromatic heterocycles. The van der Waals surface area contributed by atoms with Crippen LogP contribution in [0, 0.1) is 6.92 Å². The van der Waals surface area contributed by atoms with Gasteiger partial charge in [0.2, 0.25) is 31.8 Å². The first-order valence-corrected chi connectivity index (χ1v) is 13.2. The zero-order valence-corrected chi connectivity index (χ0v) is 19.3. The number of thiophene rings is 1. The van der Waals surface area contributed by atoms with Crippen LogP contribution in [0.15, 0.2) is 61.2 Å². The molecule has 3 heterocycles. The number of hydrogen-bond acceptors (Lipinski definition) is 8. The van der Waals surface area contributed by atoms with E-state index in [0.717, 1.165) is 41.7 Å². The van der Waals surface area contributed by atoms with Gasteiger partial charge in [-0.3, -0.25) is 4.79 Å². The van der Waals surface area contributed by atoms with Gasteiger partial charge in [-0.15, -0.1) is 11.3 Å². The number of thioether (sulfide) groups is 1. The zero-order valence-electron chi connectivity index (χ0n) is 16.9. The number of sulfone groups is 1. The number of oxazole rings is 1. The van der Waals surface area contributed by atoms with Gasteiger partial charge in [-0.05, 0) is 43.3 Å². The predicted octanol–water partition coefficient (Wildman–Crippen LogP) is 3.93. The quantitative estimate of drug-likeness (QED) is 0.490. The highest BCUT2D eigenvalue weighted by Gasteiger charge is 2.29. The van der Waals surface area contributed by atoms with E-state index >= 15 is 0 Å². The lowest BCUT2D eigenvalue weighted by Gasteiger charge is -2.10. The molecule has 1 atom stereocenters. The normalized spacial score (nSPS) is 16.5. The van der Waals surface area contributed by atoms with Crippen molar-refractivity contribution in [2.24, 2.45) is 0 Å². The maximum atomic E-state index is 13.2. The maximum Gasteiger partial charge on any atom is 0.238 e. The fourth-order valence-electron chi connectivity index (χ4n) is 3.10. The third-order valence-corrected chi connectivity index (χ3v) is 8.38. The van der Waals surface area contributed by atoms with E-state index in [4.69, 9.17) is 9.15 Å². The summed E-state index contributed by atoms with van der Waals surface area (Å²) >= 11 is 2.42. The summed E-state index contributed by atoms with van der Waals surface area (Å²) in [5.74, 6) is 0.0265. The van der Waals surface area contributed by atoms with Crippen LogP contribution in [0.3, 0.4) is 0 Å². The molecule has 3 aromatic rings. The third kappa shape index (κ3) is 5.20. The number of benzene rings is 1. The Morgan fingerprint density at radius 2 is 2.10 bits per heavy atom. The van der Waals surface area contributed by atoms with Crippen LogP contribution in [0.5, 0.6) is 0 Å². The van der Waals surface area contributed by atoms with Crippen LogP contribution < -0.4 is 5.32 Å². The van der Waals surface area contributed by atoms with E-state index in [1.807, 2.05) is 24.4 Å². The number of rotatable bonds is 8. The number of ether oxygens (including phenoxy) is 1. The van der Waals surface area contributed by atoms with Crippen molar-refractivity contribution in [2.45, 2.75) is 40.9 Å². The molecule has 1 fully saturated rings. The minimum atomic E-state index is -3.90. The molecular weight excluding hydrogens is 456 g/mol. The summed E-state index contributed by atoms with van der Waals surface area (Å²) in [5.41, 5.74) is 0.955. The standard InChI is InChI=1S/C21H22N2O5S3/c1-14-6-8-16(9-7-14)31(25,26)20-21(28-19(23-20)17-5-3-11-29-17)30-13-18(24)22-12-15-4-2-10-27-15/h3,5-9,11,15H,2,4,10,12-13H2,1H3,(H,22,24)/t15-/m0/s1. The van der Waals surface area contributed by atoms with E-state index in [-0.39, 0.29) is 38.7 Å². The molecule has 31 heavy (non-hydrogen) atoms. The Labute approximate surface area is 189 Å². The van der Waals surface area contributed by atoms with Crippen LogP contribution in [-0.4, -0.2) is 44.3 Å². The molecule has 0 unspecified atom stereocenters. The van der Waals surface area contributed by atoms with Gasteiger partial charge in [-0.25, -0.2) is 8.42 Å². The van der Waals surface area contributed by atoms with Gasteiger partial charge >= 0.3 is 0 Å². The summed E-state index contributed by atoms with van der Waals surface area (Å²) in [6, 6.07) is 10.2. The lowest BCUT2D eigenvalue weighted by atomic mass is 10.2. The molecule has 164 valence electrons. The molecule has 0 bridgehead atoms. The number of carbonyl (C=O) groups excluding carboxylic acids is 1. The van der Waals surface area contributed by atoms with Gasteiger partial charge in [0.1, 0.15) is 0 Å². The number of hydrogen-bond donors (Lipinski definition) is 1. The van der Waals surface area contributed by atoms with E-state index < -0.39 is 9.84 Å². The minimum absolute atomic E-state index is 0.0161. The fraction of sp³-hybridized carbons (Fsp3) is 0.333. The second-order valence-corrected chi connectivity index (χ2v) is 10.9. The number of aryl methyl sites for hydroxylation is 1. The minimum Gasteiger partial charge on any atom is -0.428 e. The number of amides is 1. The highest BCUT2D eigenvalue weighted by Crippen LogP contribution is 2.36. The molecule has 1 aliphatic heterocycles. The van der Waals surface area contributed by atoms with Gasteiger partial charge in [0.05, 0.1) is 21.6 Å². The SMILES string of the molecule is Cc1ccc(S(=O)(=O)c2nc(-c3cccs3)oc2SCC(=O)NC[C@@H]2CCCO2)cc1. The lowest BCUT2D eigenvalue weighted by molar-refractivity contribution is -0.119. The first-order chi connectivity index (χ1) is 14.9. The average Bonchev–Trinajstić information content (AvgIpc) is 3.52. The van der Waals surface area contributed by atoms with Crippen LogP contribution in [0.4, 0.5) is 0 Å². The molecule has 0 aliphatic carbocycles. The van der Waals surface area contributed by atoms with Gasteiger partial charge in [-0.1, -0.05) is 35.5 Å². The Morgan fingerprint density at radius 1 is 1.29 bits per heavy atom.